The summed E-state index contributed by atoms with van der Waals surface area (Å²) in [6.45, 7) is 5.13. The molecule has 3 nitrogen and oxygen atoms in total. The molecule has 1 unspecified atom stereocenters. The minimum atomic E-state index is 0.527. The highest BCUT2D eigenvalue weighted by Crippen LogP contribution is 2.28. The number of hydrogen-bond acceptors (Lipinski definition) is 2. The summed E-state index contributed by atoms with van der Waals surface area (Å²) in [4.78, 5) is 7.81. The van der Waals surface area contributed by atoms with Crippen LogP contribution < -0.4 is 5.73 Å². The summed E-state index contributed by atoms with van der Waals surface area (Å²) < 4.78 is 0. The van der Waals surface area contributed by atoms with Gasteiger partial charge < -0.3 is 10.7 Å². The van der Waals surface area contributed by atoms with Crippen molar-refractivity contribution in [3.05, 3.63) is 17.2 Å². The lowest BCUT2D eigenvalue weighted by Gasteiger charge is -2.24. The van der Waals surface area contributed by atoms with E-state index in [9.17, 15) is 0 Å². The third kappa shape index (κ3) is 1.69. The highest BCUT2D eigenvalue weighted by atomic mass is 15.0. The zero-order valence-corrected chi connectivity index (χ0v) is 9.01. The highest BCUT2D eigenvalue weighted by molar-refractivity contribution is 5.18. The van der Waals surface area contributed by atoms with Crippen molar-refractivity contribution in [2.24, 2.45) is 17.6 Å². The van der Waals surface area contributed by atoms with Crippen molar-refractivity contribution in [2.45, 2.75) is 39.7 Å². The molecule has 3 N–H and O–H groups in total. The van der Waals surface area contributed by atoms with Crippen LogP contribution in [0, 0.1) is 11.8 Å². The van der Waals surface area contributed by atoms with Crippen molar-refractivity contribution in [1.82, 2.24) is 9.97 Å². The van der Waals surface area contributed by atoms with Crippen LogP contribution in [0.2, 0.25) is 0 Å². The standard InChI is InChI=1S/C11H19N3/c1-7(2)8-3-4-9-10(5-8)14-11(6-12)13-9/h7-8H,3-6,12H2,1-2H3,(H,13,14). The first kappa shape index (κ1) is 9.71. The number of H-pyrrole nitrogens is 1. The largest absolute Gasteiger partial charge is 0.345 e. The van der Waals surface area contributed by atoms with Crippen LogP contribution in [0.3, 0.4) is 0 Å². The molecule has 2 rings (SSSR count). The fraction of sp³-hybridized carbons (Fsp3) is 0.727. The van der Waals surface area contributed by atoms with Crippen LogP contribution in [-0.4, -0.2) is 9.97 Å². The van der Waals surface area contributed by atoms with Gasteiger partial charge in [-0.3, -0.25) is 0 Å². The Balaban J connectivity index is 2.17. The Morgan fingerprint density at radius 3 is 3.00 bits per heavy atom. The van der Waals surface area contributed by atoms with Crippen LogP contribution >= 0.6 is 0 Å². The van der Waals surface area contributed by atoms with Crippen LogP contribution in [0.4, 0.5) is 0 Å². The molecular weight excluding hydrogens is 174 g/mol. The van der Waals surface area contributed by atoms with Crippen LogP contribution in [0.25, 0.3) is 0 Å². The molecule has 78 valence electrons. The molecule has 1 aliphatic rings. The van der Waals surface area contributed by atoms with E-state index in [1.807, 2.05) is 0 Å². The van der Waals surface area contributed by atoms with Gasteiger partial charge in [0.2, 0.25) is 0 Å². The average molecular weight is 193 g/mol. The maximum Gasteiger partial charge on any atom is 0.120 e. The van der Waals surface area contributed by atoms with Crippen molar-refractivity contribution in [1.29, 1.82) is 0 Å². The number of aryl methyl sites for hydroxylation is 1. The van der Waals surface area contributed by atoms with Gasteiger partial charge in [-0.2, -0.15) is 0 Å². The predicted octanol–water partition coefficient (Wildman–Crippen LogP) is 1.63. The smallest absolute Gasteiger partial charge is 0.120 e. The molecule has 1 heterocycles. The van der Waals surface area contributed by atoms with E-state index in [-0.39, 0.29) is 0 Å². The molecule has 0 fully saturated rings. The minimum absolute atomic E-state index is 0.527. The van der Waals surface area contributed by atoms with E-state index in [4.69, 9.17) is 5.73 Å². The summed E-state index contributed by atoms with van der Waals surface area (Å²) in [5, 5.41) is 0. The Hall–Kier alpha value is -0.830. The van der Waals surface area contributed by atoms with Gasteiger partial charge in [-0.05, 0) is 31.1 Å². The van der Waals surface area contributed by atoms with Crippen LogP contribution in [-0.2, 0) is 19.4 Å². The third-order valence-corrected chi connectivity index (χ3v) is 3.27. The Bertz CT molecular complexity index is 314. The van der Waals surface area contributed by atoms with Crippen molar-refractivity contribution < 1.29 is 0 Å². The summed E-state index contributed by atoms with van der Waals surface area (Å²) >= 11 is 0. The molecule has 0 radical (unpaired) electrons. The molecule has 1 aromatic rings. The minimum Gasteiger partial charge on any atom is -0.345 e. The molecule has 1 atom stereocenters. The molecule has 0 aliphatic heterocycles. The molecule has 0 saturated carbocycles. The van der Waals surface area contributed by atoms with Gasteiger partial charge in [0.05, 0.1) is 12.2 Å². The van der Waals surface area contributed by atoms with E-state index < -0.39 is 0 Å². The molecule has 14 heavy (non-hydrogen) atoms. The van der Waals surface area contributed by atoms with E-state index in [0.29, 0.717) is 6.54 Å². The van der Waals surface area contributed by atoms with E-state index in [1.165, 1.54) is 17.8 Å². The number of rotatable bonds is 2. The summed E-state index contributed by atoms with van der Waals surface area (Å²) in [6, 6.07) is 0. The van der Waals surface area contributed by atoms with E-state index in [0.717, 1.165) is 30.5 Å². The lowest BCUT2D eigenvalue weighted by atomic mass is 9.82. The van der Waals surface area contributed by atoms with E-state index in [2.05, 4.69) is 23.8 Å². The van der Waals surface area contributed by atoms with Gasteiger partial charge in [0.1, 0.15) is 5.82 Å². The Labute approximate surface area is 85.1 Å². The fourth-order valence-electron chi connectivity index (χ4n) is 2.23. The van der Waals surface area contributed by atoms with Crippen molar-refractivity contribution in [2.75, 3.05) is 0 Å². The normalized spacial score (nSPS) is 21.3. The number of hydrogen-bond donors (Lipinski definition) is 2. The first-order chi connectivity index (χ1) is 6.70. The summed E-state index contributed by atoms with van der Waals surface area (Å²) in [5.74, 6) is 2.53. The maximum absolute atomic E-state index is 5.56. The van der Waals surface area contributed by atoms with Crippen LogP contribution in [0.15, 0.2) is 0 Å². The van der Waals surface area contributed by atoms with Gasteiger partial charge in [-0.15, -0.1) is 0 Å². The van der Waals surface area contributed by atoms with Crippen LogP contribution in [0.1, 0.15) is 37.5 Å². The number of nitrogens with two attached hydrogens (primary N) is 1. The summed E-state index contributed by atoms with van der Waals surface area (Å²) in [7, 11) is 0. The molecule has 1 aliphatic carbocycles. The monoisotopic (exact) mass is 193 g/mol. The first-order valence-electron chi connectivity index (χ1n) is 5.47. The van der Waals surface area contributed by atoms with Gasteiger partial charge in [-0.1, -0.05) is 13.8 Å². The average Bonchev–Trinajstić information content (AvgIpc) is 2.58. The molecule has 0 saturated heterocycles. The van der Waals surface area contributed by atoms with Gasteiger partial charge in [0, 0.05) is 5.69 Å². The number of fused-ring (bicyclic) bond motifs is 1. The molecule has 0 aromatic carbocycles. The number of aromatic amines is 1. The number of aromatic nitrogens is 2. The number of nitrogens with one attached hydrogen (secondary N) is 1. The van der Waals surface area contributed by atoms with Gasteiger partial charge in [-0.25, -0.2) is 4.98 Å². The van der Waals surface area contributed by atoms with Crippen molar-refractivity contribution >= 4 is 0 Å². The topological polar surface area (TPSA) is 54.7 Å². The number of imidazole rings is 1. The SMILES string of the molecule is CC(C)C1CCc2nc(CN)[nH]c2C1. The molecule has 0 bridgehead atoms. The number of nitrogens with zero attached hydrogens (tertiary/aromatic N) is 1. The summed E-state index contributed by atoms with van der Waals surface area (Å²) in [5.41, 5.74) is 8.14. The molecule has 0 amide bonds. The van der Waals surface area contributed by atoms with Gasteiger partial charge in [0.15, 0.2) is 0 Å². The van der Waals surface area contributed by atoms with Crippen molar-refractivity contribution in [3.8, 4) is 0 Å². The fourth-order valence-corrected chi connectivity index (χ4v) is 2.23. The van der Waals surface area contributed by atoms with Crippen molar-refractivity contribution in [3.63, 3.8) is 0 Å². The van der Waals surface area contributed by atoms with Gasteiger partial charge in [0.25, 0.3) is 0 Å². The third-order valence-electron chi connectivity index (χ3n) is 3.27. The Kier molecular flexibility index (Phi) is 2.59. The zero-order valence-electron chi connectivity index (χ0n) is 9.01. The molecule has 3 heteroatoms. The zero-order chi connectivity index (χ0) is 10.1. The van der Waals surface area contributed by atoms with E-state index in [1.54, 1.807) is 0 Å². The lowest BCUT2D eigenvalue weighted by molar-refractivity contribution is 0.338. The first-order valence-corrected chi connectivity index (χ1v) is 5.47. The second-order valence-electron chi connectivity index (χ2n) is 4.56. The Morgan fingerprint density at radius 1 is 1.57 bits per heavy atom. The van der Waals surface area contributed by atoms with E-state index >= 15 is 0 Å². The second kappa shape index (κ2) is 3.73. The molecular formula is C11H19N3. The highest BCUT2D eigenvalue weighted by Gasteiger charge is 2.23. The molecule has 1 aromatic heterocycles. The predicted molar refractivity (Wildman–Crippen MR) is 56.8 cm³/mol. The molecule has 0 spiro atoms. The quantitative estimate of drug-likeness (QED) is 0.750. The maximum atomic E-state index is 5.56. The lowest BCUT2D eigenvalue weighted by Crippen LogP contribution is -2.18. The summed E-state index contributed by atoms with van der Waals surface area (Å²) in [6.07, 6.45) is 3.55. The Morgan fingerprint density at radius 2 is 2.36 bits per heavy atom. The van der Waals surface area contributed by atoms with Crippen LogP contribution in [0.5, 0.6) is 0 Å². The second-order valence-corrected chi connectivity index (χ2v) is 4.56. The van der Waals surface area contributed by atoms with Gasteiger partial charge >= 0.3 is 0 Å².